The maximum atomic E-state index is 13.1. The van der Waals surface area contributed by atoms with E-state index in [9.17, 15) is 46.9 Å². The van der Waals surface area contributed by atoms with Gasteiger partial charge in [-0.25, -0.2) is 113 Å². The number of aromatic nitrogens is 18. The van der Waals surface area contributed by atoms with Crippen molar-refractivity contribution in [3.63, 3.8) is 0 Å². The highest BCUT2D eigenvalue weighted by Crippen LogP contribution is 2.53. The number of halogens is 5. The van der Waals surface area contributed by atoms with Crippen molar-refractivity contribution in [2.24, 2.45) is 0 Å². The average molecular weight is 2180 g/mol. The van der Waals surface area contributed by atoms with Crippen LogP contribution in [0.15, 0.2) is 288 Å². The topological polar surface area (TPSA) is 452 Å². The fourth-order valence-electron chi connectivity index (χ4n) is 13.8. The molecule has 12 aromatic heterocycles. The van der Waals surface area contributed by atoms with Crippen molar-refractivity contribution in [1.82, 2.24) is 85.7 Å². The quantitative estimate of drug-likeness (QED) is 0.0433. The largest absolute Gasteiger partial charge is 0.489 e. The minimum absolute atomic E-state index is 0.0479. The van der Waals surface area contributed by atoms with Crippen LogP contribution in [-0.4, -0.2) is 175 Å². The molecule has 1 aliphatic heterocycles. The first-order chi connectivity index (χ1) is 64.4. The number of H-pyrrole nitrogens is 3. The average Bonchev–Trinajstić information content (AvgIpc) is 1.55. The Bertz CT molecular complexity index is 7990. The van der Waals surface area contributed by atoms with Crippen LogP contribution in [0.3, 0.4) is 0 Å². The van der Waals surface area contributed by atoms with Crippen LogP contribution in [0.25, 0.3) is 71.8 Å². The van der Waals surface area contributed by atoms with Crippen LogP contribution < -0.4 is 24.5 Å². The van der Waals surface area contributed by atoms with Gasteiger partial charge in [0.05, 0.1) is 107 Å². The molecule has 20 rings (SSSR count). The van der Waals surface area contributed by atoms with E-state index in [2.05, 4.69) is 138 Å². The summed E-state index contributed by atoms with van der Waals surface area (Å²) in [5.41, 5.74) is 5.54. The Kier molecular flexibility index (Phi) is 30.7. The lowest BCUT2D eigenvalue weighted by Gasteiger charge is -2.32. The summed E-state index contributed by atoms with van der Waals surface area (Å²) in [5.74, 6) is 1.61. The minimum Gasteiger partial charge on any atom is -0.480 e. The predicted molar refractivity (Wildman–Crippen MR) is 529 cm³/mol. The zero-order valence-corrected chi connectivity index (χ0v) is 85.1. The molecule has 2 aliphatic carbocycles. The van der Waals surface area contributed by atoms with Gasteiger partial charge in [0.15, 0.2) is 22.6 Å². The van der Waals surface area contributed by atoms with Gasteiger partial charge in [-0.15, -0.1) is 6.58 Å². The van der Waals surface area contributed by atoms with Crippen LogP contribution >= 0.6 is 70.1 Å². The van der Waals surface area contributed by atoms with Crippen LogP contribution in [-0.2, 0) is 69.3 Å². The number of rotatable bonds is 17. The van der Waals surface area contributed by atoms with Crippen molar-refractivity contribution >= 4 is 198 Å². The molecule has 0 spiro atoms. The molecule has 3 aliphatic rings. The molecular weight excluding hydrogens is 2090 g/mol. The number of hydrogen-bond donors (Lipinski definition) is 3. The molecule has 0 atom stereocenters. The van der Waals surface area contributed by atoms with E-state index >= 15 is 0 Å². The van der Waals surface area contributed by atoms with E-state index in [4.69, 9.17) is 50.5 Å². The normalized spacial score (nSPS) is 14.3. The van der Waals surface area contributed by atoms with Crippen molar-refractivity contribution in [3.05, 3.63) is 291 Å². The van der Waals surface area contributed by atoms with Crippen molar-refractivity contribution in [3.8, 4) is 23.5 Å². The van der Waals surface area contributed by atoms with Gasteiger partial charge in [-0.3, -0.25) is 4.79 Å². The highest BCUT2D eigenvalue weighted by Gasteiger charge is 2.51. The number of nitrogens with one attached hydrogen (secondary N) is 3. The molecule has 13 heterocycles. The standard InChI is InChI=1S/C17H17N3O3S.2C16H15N3O3S.C13H10BrN3O3S.C9H17BO2.C7H6BrN3O.C6H3BrClN3.C6H5ClO2S/c1-17(8-9-17)13-10-20(15-14(13)16(23-2)19-11-18-15)24(21,22)12-6-4-3-5-7-12;1-16(7-8-16)12-9-19(14-13(12)15(20)18-10-17-14)23(21,22)11-5-3-2-4-6-11;1-11(2)13-9-19(15-14(13)16(22-3)18-10-17-15)23(20,21)12-7-5-4-6-8-12;1-20-13-11-10(14)7-17(12(11)15-8-16-13)21(18,19)9-5-3-2-4-6-9;1-7(2)10-11-8(3,4)9(5,6)12-10;1-12-7-5-4(8)2-9-6(5)10-3-11-7;7-3-1-9-6-4(3)5(8)10-2-11-6;7-10(8,9)6-4-2-1-3-5-6/h3-7,10-11H,8-9H2,1-2H3;2-6,9-10H,7-8H2,1H3,(H,17,18,20);4-10H,1H2,2-3H3;2-8H,1H3;1H2,2-6H3;2-3H,1H3,(H,9,10,11);1-2H,(H,9,10,11);1-5H. The molecule has 708 valence electrons. The van der Waals surface area contributed by atoms with Gasteiger partial charge in [0.2, 0.25) is 23.5 Å². The first kappa shape index (κ1) is 101. The first-order valence-electron chi connectivity index (χ1n) is 40.9. The summed E-state index contributed by atoms with van der Waals surface area (Å²) in [5, 5.41) is 4.25. The number of methoxy groups -OCH3 is 4. The number of ether oxygens (including phenoxy) is 4. The Balaban J connectivity index is 0.000000134. The van der Waals surface area contributed by atoms with Crippen molar-refractivity contribution in [1.29, 1.82) is 0 Å². The number of nitrogens with zero attached hydrogens (tertiary/aromatic N) is 15. The van der Waals surface area contributed by atoms with Gasteiger partial charge >= 0.3 is 7.12 Å². The van der Waals surface area contributed by atoms with Gasteiger partial charge in [0.25, 0.3) is 54.7 Å². The predicted octanol–water partition coefficient (Wildman–Crippen LogP) is 17.8. The second kappa shape index (κ2) is 41.2. The summed E-state index contributed by atoms with van der Waals surface area (Å²) < 4.78 is 164. The third kappa shape index (κ3) is 21.4. The molecule has 46 heteroatoms. The molecule has 35 nitrogen and oxygen atoms in total. The second-order valence-corrected chi connectivity index (χ2v) is 44.8. The number of benzene rings is 5. The van der Waals surface area contributed by atoms with Crippen LogP contribution in [0, 0.1) is 0 Å². The molecule has 136 heavy (non-hydrogen) atoms. The number of hydrogen-bond acceptors (Lipinski definition) is 28. The van der Waals surface area contributed by atoms with Gasteiger partial charge in [-0.1, -0.05) is 128 Å². The Morgan fingerprint density at radius 1 is 0.404 bits per heavy atom. The summed E-state index contributed by atoms with van der Waals surface area (Å²) >= 11 is 15.8. The maximum Gasteiger partial charge on any atom is 0.489 e. The number of allylic oxidation sites excluding steroid dienone is 2. The molecule has 3 N–H and O–H groups in total. The summed E-state index contributed by atoms with van der Waals surface area (Å²) in [4.78, 5) is 66.2. The first-order valence-corrected chi connectivity index (χ1v) is 51.7. The summed E-state index contributed by atoms with van der Waals surface area (Å²) in [6.07, 6.45) is 21.7. The second-order valence-electron chi connectivity index (χ2n) is 32.1. The number of fused-ring (bicyclic) bond motifs is 6. The minimum atomic E-state index is -3.79. The summed E-state index contributed by atoms with van der Waals surface area (Å²) in [7, 11) is -7.70. The van der Waals surface area contributed by atoms with E-state index in [1.165, 1.54) is 112 Å². The van der Waals surface area contributed by atoms with Gasteiger partial charge in [0.1, 0.15) is 48.1 Å². The molecular formula is C90H88BBr3Cl2N18O17S5. The van der Waals surface area contributed by atoms with Crippen LogP contribution in [0.1, 0.15) is 97.8 Å². The number of aromatic amines is 3. The van der Waals surface area contributed by atoms with E-state index in [-0.39, 0.29) is 76.1 Å². The highest BCUT2D eigenvalue weighted by molar-refractivity contribution is 9.11. The molecule has 2 saturated carbocycles. The fraction of sp³-hybridized carbons (Fsp3) is 0.222. The molecule has 5 aromatic carbocycles. The summed E-state index contributed by atoms with van der Waals surface area (Å²) in [6.45, 7) is 23.7. The van der Waals surface area contributed by atoms with E-state index in [0.29, 0.717) is 71.5 Å². The van der Waals surface area contributed by atoms with Gasteiger partial charge < -0.3 is 43.2 Å². The highest BCUT2D eigenvalue weighted by atomic mass is 79.9. The monoisotopic (exact) mass is 2170 g/mol. The van der Waals surface area contributed by atoms with E-state index in [0.717, 1.165) is 85.2 Å². The van der Waals surface area contributed by atoms with Crippen LogP contribution in [0.4, 0.5) is 0 Å². The lowest BCUT2D eigenvalue weighted by Crippen LogP contribution is -2.41. The Morgan fingerprint density at radius 3 is 1.10 bits per heavy atom. The van der Waals surface area contributed by atoms with E-state index < -0.39 is 49.1 Å². The lowest BCUT2D eigenvalue weighted by atomic mass is 9.81. The molecule has 0 unspecified atom stereocenters. The Morgan fingerprint density at radius 2 is 0.728 bits per heavy atom. The molecule has 0 bridgehead atoms. The molecule has 1 saturated heterocycles. The van der Waals surface area contributed by atoms with Crippen molar-refractivity contribution < 1.29 is 70.3 Å². The SMILES string of the molecule is C=C(C)B1OC(C)(C)C(C)(C)O1.C=C(C)c1cn(S(=O)(=O)c2ccccc2)c2ncnc(OC)c12.CC1(c2cn(S(=O)(=O)c3ccccc3)c3nc[nH]c(=O)c23)CC1.COc1ncnc2[nH]cc(Br)c12.COc1ncnc2c1c(Br)cn2S(=O)(=O)c1ccccc1.COc1ncnc2c1c(C1(C)CC1)cn2S(=O)(=O)c1ccccc1.Clc1ncnc2[nH]cc(Br)c12.O=S(=O)(Cl)c1ccccc1. The Hall–Kier alpha value is -11.9. The lowest BCUT2D eigenvalue weighted by molar-refractivity contribution is 0.00578. The summed E-state index contributed by atoms with van der Waals surface area (Å²) in [6, 6.07) is 40.7. The van der Waals surface area contributed by atoms with E-state index in [1.807, 2.05) is 47.7 Å². The molecule has 0 radical (unpaired) electrons. The van der Waals surface area contributed by atoms with Crippen molar-refractivity contribution in [2.75, 3.05) is 28.4 Å². The Labute approximate surface area is 817 Å². The molecule has 3 fully saturated rings. The van der Waals surface area contributed by atoms with Crippen molar-refractivity contribution in [2.45, 2.75) is 128 Å². The van der Waals surface area contributed by atoms with Gasteiger partial charge in [-0.2, -0.15) is 0 Å². The maximum absolute atomic E-state index is 13.1. The van der Waals surface area contributed by atoms with Gasteiger partial charge in [-0.05, 0) is 203 Å². The third-order valence-electron chi connectivity index (χ3n) is 22.2. The van der Waals surface area contributed by atoms with Gasteiger partial charge in [0, 0.05) is 62.4 Å². The zero-order chi connectivity index (χ0) is 98.4. The van der Waals surface area contributed by atoms with E-state index in [1.54, 1.807) is 148 Å². The zero-order valence-electron chi connectivity index (χ0n) is 74.8. The van der Waals surface area contributed by atoms with Crippen LogP contribution in [0.5, 0.6) is 23.5 Å². The third-order valence-corrected chi connectivity index (χ3v) is 32.4. The fourth-order valence-corrected chi connectivity index (χ4v) is 21.9. The molecule has 17 aromatic rings. The molecule has 0 amide bonds. The smallest absolute Gasteiger partial charge is 0.480 e. The van der Waals surface area contributed by atoms with Crippen LogP contribution in [0.2, 0.25) is 5.15 Å².